The van der Waals surface area contributed by atoms with Gasteiger partial charge in [-0.15, -0.1) is 11.3 Å². The van der Waals surface area contributed by atoms with Crippen LogP contribution in [-0.2, 0) is 6.42 Å². The van der Waals surface area contributed by atoms with Gasteiger partial charge in [-0.3, -0.25) is 4.57 Å². The van der Waals surface area contributed by atoms with Crippen molar-refractivity contribution in [3.05, 3.63) is 133 Å². The highest BCUT2D eigenvalue weighted by molar-refractivity contribution is 7.27. The molecule has 0 bridgehead atoms. The van der Waals surface area contributed by atoms with Crippen LogP contribution in [0, 0.1) is 0 Å². The summed E-state index contributed by atoms with van der Waals surface area (Å²) in [6.45, 7) is 2.17. The van der Waals surface area contributed by atoms with Gasteiger partial charge in [-0.2, -0.15) is 0 Å². The number of benzene rings is 5. The molecular formula is C38H26N4S. The average Bonchev–Trinajstić information content (AvgIpc) is 3.74. The fourth-order valence-corrected chi connectivity index (χ4v) is 7.93. The molecule has 9 rings (SSSR count). The lowest BCUT2D eigenvalue weighted by Crippen LogP contribution is -2.01. The highest BCUT2D eigenvalue weighted by Crippen LogP contribution is 2.47. The van der Waals surface area contributed by atoms with E-state index < -0.39 is 0 Å². The molecule has 204 valence electrons. The van der Waals surface area contributed by atoms with Gasteiger partial charge in [0.15, 0.2) is 0 Å². The summed E-state index contributed by atoms with van der Waals surface area (Å²) in [6, 6.07) is 45.2. The van der Waals surface area contributed by atoms with Gasteiger partial charge in [0.05, 0.1) is 38.0 Å². The van der Waals surface area contributed by atoms with E-state index in [9.17, 15) is 0 Å². The normalized spacial score (nSPS) is 11.9. The zero-order chi connectivity index (χ0) is 28.5. The molecule has 0 N–H and O–H groups in total. The second-order valence-electron chi connectivity index (χ2n) is 10.9. The van der Waals surface area contributed by atoms with Crippen molar-refractivity contribution in [2.45, 2.75) is 13.3 Å². The maximum Gasteiger partial charge on any atom is 0.114 e. The molecule has 0 fully saturated rings. The second kappa shape index (κ2) is 9.38. The van der Waals surface area contributed by atoms with E-state index in [0.717, 1.165) is 51.4 Å². The Morgan fingerprint density at radius 3 is 1.95 bits per heavy atom. The Kier molecular flexibility index (Phi) is 5.31. The van der Waals surface area contributed by atoms with Crippen LogP contribution in [0.3, 0.4) is 0 Å². The molecule has 43 heavy (non-hydrogen) atoms. The predicted molar refractivity (Wildman–Crippen MR) is 181 cm³/mol. The summed E-state index contributed by atoms with van der Waals surface area (Å²) >= 11 is 1.88. The van der Waals surface area contributed by atoms with Gasteiger partial charge in [-0.1, -0.05) is 85.8 Å². The monoisotopic (exact) mass is 570 g/mol. The van der Waals surface area contributed by atoms with Crippen LogP contribution in [0.5, 0.6) is 0 Å². The van der Waals surface area contributed by atoms with Crippen LogP contribution >= 0.6 is 11.3 Å². The molecule has 0 radical (unpaired) electrons. The molecule has 0 atom stereocenters. The van der Waals surface area contributed by atoms with Crippen LogP contribution in [0.4, 0.5) is 0 Å². The molecule has 0 unspecified atom stereocenters. The SMILES string of the molecule is CCc1nc2ccccc2n1-c1ccc(-n2c3ccccc3c3sc4c5ccccc5nc(-c5ccccc5)c4c32)cc1. The summed E-state index contributed by atoms with van der Waals surface area (Å²) in [5.41, 5.74) is 10.0. The van der Waals surface area contributed by atoms with Crippen LogP contribution in [0.15, 0.2) is 127 Å². The summed E-state index contributed by atoms with van der Waals surface area (Å²) in [6.07, 6.45) is 0.864. The van der Waals surface area contributed by atoms with Crippen molar-refractivity contribution < 1.29 is 0 Å². The summed E-state index contributed by atoms with van der Waals surface area (Å²) in [5, 5.41) is 3.67. The first kappa shape index (κ1) is 24.3. The van der Waals surface area contributed by atoms with E-state index in [1.807, 2.05) is 11.3 Å². The number of aromatic nitrogens is 4. The molecule has 5 heteroatoms. The molecule has 0 aliphatic rings. The number of nitrogens with zero attached hydrogens (tertiary/aromatic N) is 4. The Labute approximate surface area is 252 Å². The highest BCUT2D eigenvalue weighted by atomic mass is 32.1. The van der Waals surface area contributed by atoms with Crippen molar-refractivity contribution in [1.29, 1.82) is 0 Å². The largest absolute Gasteiger partial charge is 0.308 e. The third-order valence-corrected chi connectivity index (χ3v) is 9.72. The average molecular weight is 571 g/mol. The topological polar surface area (TPSA) is 35.6 Å². The lowest BCUT2D eigenvalue weighted by atomic mass is 10.0. The molecule has 4 aromatic heterocycles. The molecule has 0 saturated heterocycles. The number of thiophene rings is 1. The molecule has 0 aliphatic carbocycles. The third kappa shape index (κ3) is 3.55. The van der Waals surface area contributed by atoms with Crippen LogP contribution in [-0.4, -0.2) is 19.1 Å². The Morgan fingerprint density at radius 1 is 0.558 bits per heavy atom. The van der Waals surface area contributed by atoms with Crippen LogP contribution in [0.25, 0.3) is 75.8 Å². The first-order valence-corrected chi connectivity index (χ1v) is 15.5. The second-order valence-corrected chi connectivity index (χ2v) is 11.9. The molecule has 4 heterocycles. The summed E-state index contributed by atoms with van der Waals surface area (Å²) in [7, 11) is 0. The Hall–Kier alpha value is -5.26. The van der Waals surface area contributed by atoms with E-state index >= 15 is 0 Å². The minimum atomic E-state index is 0.864. The number of imidazole rings is 1. The van der Waals surface area contributed by atoms with Gasteiger partial charge < -0.3 is 4.57 Å². The predicted octanol–water partition coefficient (Wildman–Crippen LogP) is 10.1. The highest BCUT2D eigenvalue weighted by Gasteiger charge is 2.23. The van der Waals surface area contributed by atoms with Crippen LogP contribution in [0.2, 0.25) is 0 Å². The fraction of sp³-hybridized carbons (Fsp3) is 0.0526. The van der Waals surface area contributed by atoms with Gasteiger partial charge in [-0.05, 0) is 48.5 Å². The molecular weight excluding hydrogens is 545 g/mol. The Bertz CT molecular complexity index is 2480. The third-order valence-electron chi connectivity index (χ3n) is 8.47. The van der Waals surface area contributed by atoms with Crippen molar-refractivity contribution in [2.75, 3.05) is 0 Å². The molecule has 0 spiro atoms. The summed E-state index contributed by atoms with van der Waals surface area (Å²) < 4.78 is 7.29. The van der Waals surface area contributed by atoms with E-state index in [1.165, 1.54) is 36.6 Å². The molecule has 0 amide bonds. The van der Waals surface area contributed by atoms with Crippen molar-refractivity contribution in [1.82, 2.24) is 19.1 Å². The van der Waals surface area contributed by atoms with Gasteiger partial charge in [0, 0.05) is 44.2 Å². The minimum absolute atomic E-state index is 0.864. The summed E-state index contributed by atoms with van der Waals surface area (Å²) in [4.78, 5) is 10.2. The van der Waals surface area contributed by atoms with E-state index in [-0.39, 0.29) is 0 Å². The summed E-state index contributed by atoms with van der Waals surface area (Å²) in [5.74, 6) is 1.07. The number of para-hydroxylation sites is 4. The zero-order valence-corrected chi connectivity index (χ0v) is 24.3. The van der Waals surface area contributed by atoms with E-state index in [1.54, 1.807) is 0 Å². The molecule has 4 nitrogen and oxygen atoms in total. The van der Waals surface area contributed by atoms with Crippen molar-refractivity contribution in [3.63, 3.8) is 0 Å². The van der Waals surface area contributed by atoms with Gasteiger partial charge >= 0.3 is 0 Å². The quantitative estimate of drug-likeness (QED) is 0.211. The molecule has 0 aliphatic heterocycles. The van der Waals surface area contributed by atoms with Crippen LogP contribution < -0.4 is 0 Å². The Balaban J connectivity index is 1.36. The minimum Gasteiger partial charge on any atom is -0.308 e. The van der Waals surface area contributed by atoms with Gasteiger partial charge in [-0.25, -0.2) is 9.97 Å². The lowest BCUT2D eigenvalue weighted by molar-refractivity contribution is 0.908. The van der Waals surface area contributed by atoms with Gasteiger partial charge in [0.25, 0.3) is 0 Å². The van der Waals surface area contributed by atoms with Crippen molar-refractivity contribution >= 4 is 64.5 Å². The Morgan fingerprint density at radius 2 is 1.19 bits per heavy atom. The standard InChI is InChI=1S/C38H26N4S/c1-2-33-39-30-17-9-11-19-32(30)41(33)25-20-22-26(23-21-25)42-31-18-10-7-15-28(31)38-36(42)34-35(24-12-4-3-5-13-24)40-29-16-8-6-14-27(29)37(34)43-38/h3-23H,2H2,1H3. The number of fused-ring (bicyclic) bond motifs is 8. The van der Waals surface area contributed by atoms with E-state index in [2.05, 4.69) is 143 Å². The first-order valence-electron chi connectivity index (χ1n) is 14.7. The zero-order valence-electron chi connectivity index (χ0n) is 23.5. The number of hydrogen-bond donors (Lipinski definition) is 0. The smallest absolute Gasteiger partial charge is 0.114 e. The van der Waals surface area contributed by atoms with E-state index in [4.69, 9.17) is 9.97 Å². The number of hydrogen-bond acceptors (Lipinski definition) is 3. The maximum absolute atomic E-state index is 5.28. The number of aryl methyl sites for hydroxylation is 1. The number of pyridine rings is 1. The molecule has 5 aromatic carbocycles. The molecule has 0 saturated carbocycles. The van der Waals surface area contributed by atoms with E-state index in [0.29, 0.717) is 0 Å². The number of rotatable bonds is 4. The fourth-order valence-electron chi connectivity index (χ4n) is 6.57. The van der Waals surface area contributed by atoms with Gasteiger partial charge in [0.1, 0.15) is 5.82 Å². The van der Waals surface area contributed by atoms with Crippen molar-refractivity contribution in [3.8, 4) is 22.6 Å². The van der Waals surface area contributed by atoms with Gasteiger partial charge in [0.2, 0.25) is 0 Å². The first-order chi connectivity index (χ1) is 21.3. The molecule has 9 aromatic rings. The van der Waals surface area contributed by atoms with Crippen molar-refractivity contribution in [2.24, 2.45) is 0 Å². The lowest BCUT2D eigenvalue weighted by Gasteiger charge is -2.13. The van der Waals surface area contributed by atoms with Crippen LogP contribution in [0.1, 0.15) is 12.7 Å². The maximum atomic E-state index is 5.28.